The molecule has 1 nitrogen and oxygen atoms in total. The summed E-state index contributed by atoms with van der Waals surface area (Å²) in [6, 6.07) is 7.47. The molecule has 0 unspecified atom stereocenters. The predicted octanol–water partition coefficient (Wildman–Crippen LogP) is -0.317. The van der Waals surface area contributed by atoms with Crippen LogP contribution in [0.5, 0.6) is 0 Å². The summed E-state index contributed by atoms with van der Waals surface area (Å²) in [7, 11) is 0. The normalized spacial score (nSPS) is 8.11. The van der Waals surface area contributed by atoms with E-state index in [9.17, 15) is 0 Å². The van der Waals surface area contributed by atoms with Gasteiger partial charge in [-0.15, -0.1) is 5.69 Å². The molecule has 0 spiro atoms. The molecule has 0 fully saturated rings. The summed E-state index contributed by atoms with van der Waals surface area (Å²) in [6.07, 6.45) is 0. The van der Waals surface area contributed by atoms with Crippen LogP contribution in [0.3, 0.4) is 0 Å². The Morgan fingerprint density at radius 2 is 2.00 bits per heavy atom. The molecule has 0 radical (unpaired) electrons. The number of rotatable bonds is 0. The Hall–Kier alpha value is 0.656. The first kappa shape index (κ1) is 9.66. The van der Waals surface area contributed by atoms with Gasteiger partial charge in [0.15, 0.2) is 0 Å². The Balaban J connectivity index is 0.000000640. The van der Waals surface area contributed by atoms with E-state index in [2.05, 4.69) is 0 Å². The van der Waals surface area contributed by atoms with Crippen LogP contribution in [0.2, 0.25) is 0 Å². The average Bonchev–Trinajstić information content (AvgIpc) is 1.64. The van der Waals surface area contributed by atoms with Crippen LogP contribution in [0.15, 0.2) is 24.3 Å². The van der Waals surface area contributed by atoms with Crippen molar-refractivity contribution in [2.75, 3.05) is 0 Å². The van der Waals surface area contributed by atoms with Crippen LogP contribution in [-0.4, -0.2) is 0 Å². The first-order chi connectivity index (χ1) is 3.79. The number of hydrogen-bond donors (Lipinski definition) is 0. The number of nitrogens with one attached hydrogen (secondary N) is 1. The SMILES string of the molecule is Cc1cccc([NH-])c1.[K+]. The smallest absolute Gasteiger partial charge is 0.699 e. The van der Waals surface area contributed by atoms with Crippen LogP contribution in [0, 0.1) is 6.92 Å². The largest absolute Gasteiger partial charge is 1.00 e. The molecule has 0 aliphatic carbocycles. The van der Waals surface area contributed by atoms with Gasteiger partial charge in [-0.1, -0.05) is 29.8 Å². The Labute approximate surface area is 98.1 Å². The van der Waals surface area contributed by atoms with Crippen molar-refractivity contribution in [2.45, 2.75) is 6.92 Å². The third-order valence-corrected chi connectivity index (χ3v) is 1.02. The van der Waals surface area contributed by atoms with Crippen molar-refractivity contribution in [2.24, 2.45) is 0 Å². The van der Waals surface area contributed by atoms with Crippen molar-refractivity contribution in [3.63, 3.8) is 0 Å². The van der Waals surface area contributed by atoms with Gasteiger partial charge >= 0.3 is 51.4 Å². The van der Waals surface area contributed by atoms with E-state index < -0.39 is 0 Å². The standard InChI is InChI=1S/C7H8N.K/c1-6-3-2-4-7(8)5-6;/h2-5,8H,1H3;/q-1;+1. The minimum absolute atomic E-state index is 0. The Kier molecular flexibility index (Phi) is 4.79. The van der Waals surface area contributed by atoms with Gasteiger partial charge in [-0.05, 0) is 6.92 Å². The molecule has 2 heteroatoms. The summed E-state index contributed by atoms with van der Waals surface area (Å²) in [6.45, 7) is 1.98. The zero-order chi connectivity index (χ0) is 5.98. The van der Waals surface area contributed by atoms with Crippen LogP contribution in [0.25, 0.3) is 5.73 Å². The van der Waals surface area contributed by atoms with E-state index in [4.69, 9.17) is 5.73 Å². The second kappa shape index (κ2) is 4.47. The molecule has 1 aromatic rings. The van der Waals surface area contributed by atoms with Crippen molar-refractivity contribution >= 4 is 5.69 Å². The van der Waals surface area contributed by atoms with Crippen molar-refractivity contribution in [3.05, 3.63) is 35.6 Å². The van der Waals surface area contributed by atoms with Crippen molar-refractivity contribution < 1.29 is 51.4 Å². The second-order valence-corrected chi connectivity index (χ2v) is 1.87. The molecule has 0 amide bonds. The summed E-state index contributed by atoms with van der Waals surface area (Å²) in [5.41, 5.74) is 8.87. The van der Waals surface area contributed by atoms with Crippen molar-refractivity contribution in [3.8, 4) is 0 Å². The molecule has 0 aromatic heterocycles. The van der Waals surface area contributed by atoms with Gasteiger partial charge in [-0.2, -0.15) is 0 Å². The van der Waals surface area contributed by atoms with Gasteiger partial charge in [-0.3, -0.25) is 0 Å². The number of hydrogen-bond acceptors (Lipinski definition) is 0. The molecular weight excluding hydrogens is 137 g/mol. The van der Waals surface area contributed by atoms with E-state index in [1.54, 1.807) is 6.07 Å². The van der Waals surface area contributed by atoms with E-state index in [1.165, 1.54) is 0 Å². The molecule has 0 atom stereocenters. The van der Waals surface area contributed by atoms with Crippen LogP contribution >= 0.6 is 0 Å². The molecule has 1 rings (SSSR count). The Morgan fingerprint density at radius 1 is 1.33 bits per heavy atom. The maximum absolute atomic E-state index is 7.14. The van der Waals surface area contributed by atoms with Gasteiger partial charge in [0.05, 0.1) is 0 Å². The van der Waals surface area contributed by atoms with Crippen molar-refractivity contribution in [1.82, 2.24) is 0 Å². The molecule has 0 heterocycles. The molecule has 1 N–H and O–H groups in total. The number of aryl methyl sites for hydroxylation is 1. The summed E-state index contributed by atoms with van der Waals surface area (Å²) in [5, 5.41) is 0. The first-order valence-electron chi connectivity index (χ1n) is 2.57. The van der Waals surface area contributed by atoms with Crippen molar-refractivity contribution in [1.29, 1.82) is 0 Å². The molecule has 42 valence electrons. The fraction of sp³-hybridized carbons (Fsp3) is 0.143. The molecule has 0 aliphatic heterocycles. The molecule has 0 aliphatic rings. The van der Waals surface area contributed by atoms with Gasteiger partial charge in [0, 0.05) is 0 Å². The predicted molar refractivity (Wildman–Crippen MR) is 35.2 cm³/mol. The summed E-state index contributed by atoms with van der Waals surface area (Å²) in [4.78, 5) is 0. The molecule has 0 saturated heterocycles. The van der Waals surface area contributed by atoms with Gasteiger partial charge in [0.1, 0.15) is 0 Å². The van der Waals surface area contributed by atoms with E-state index in [-0.39, 0.29) is 51.4 Å². The topological polar surface area (TPSA) is 23.8 Å². The zero-order valence-electron chi connectivity index (χ0n) is 5.81. The van der Waals surface area contributed by atoms with E-state index in [0.717, 1.165) is 5.56 Å². The monoisotopic (exact) mass is 145 g/mol. The van der Waals surface area contributed by atoms with Gasteiger partial charge < -0.3 is 5.73 Å². The summed E-state index contributed by atoms with van der Waals surface area (Å²) >= 11 is 0. The minimum atomic E-state index is 0. The molecule has 1 aromatic carbocycles. The summed E-state index contributed by atoms with van der Waals surface area (Å²) < 4.78 is 0. The maximum atomic E-state index is 7.14. The fourth-order valence-corrected chi connectivity index (χ4v) is 0.645. The average molecular weight is 145 g/mol. The first-order valence-corrected chi connectivity index (χ1v) is 2.57. The molecule has 0 bridgehead atoms. The molecule has 9 heavy (non-hydrogen) atoms. The Morgan fingerprint density at radius 3 is 2.33 bits per heavy atom. The zero-order valence-corrected chi connectivity index (χ0v) is 8.93. The maximum Gasteiger partial charge on any atom is 1.00 e. The van der Waals surface area contributed by atoms with E-state index >= 15 is 0 Å². The molecular formula is C7H8KN. The van der Waals surface area contributed by atoms with Crippen LogP contribution in [0.1, 0.15) is 5.56 Å². The van der Waals surface area contributed by atoms with Crippen LogP contribution in [-0.2, 0) is 0 Å². The van der Waals surface area contributed by atoms with Gasteiger partial charge in [-0.25, -0.2) is 0 Å². The van der Waals surface area contributed by atoms with E-state index in [0.29, 0.717) is 5.69 Å². The third-order valence-electron chi connectivity index (χ3n) is 1.02. The third kappa shape index (κ3) is 3.38. The van der Waals surface area contributed by atoms with Gasteiger partial charge in [0.25, 0.3) is 0 Å². The number of benzene rings is 1. The molecule has 0 saturated carbocycles. The fourth-order valence-electron chi connectivity index (χ4n) is 0.645. The minimum Gasteiger partial charge on any atom is -0.699 e. The second-order valence-electron chi connectivity index (χ2n) is 1.87. The van der Waals surface area contributed by atoms with Crippen LogP contribution in [0.4, 0.5) is 5.69 Å². The van der Waals surface area contributed by atoms with E-state index in [1.807, 2.05) is 25.1 Å². The Bertz CT molecular complexity index is 169. The quantitative estimate of drug-likeness (QED) is 0.447. The van der Waals surface area contributed by atoms with Gasteiger partial charge in [0.2, 0.25) is 0 Å². The summed E-state index contributed by atoms with van der Waals surface area (Å²) in [5.74, 6) is 0. The van der Waals surface area contributed by atoms with Crippen LogP contribution < -0.4 is 51.4 Å².